The zero-order chi connectivity index (χ0) is 25.0. The molecule has 2 heterocycles. The van der Waals surface area contributed by atoms with Gasteiger partial charge in [0.25, 0.3) is 0 Å². The predicted molar refractivity (Wildman–Crippen MR) is 125 cm³/mol. The number of halogens is 3. The van der Waals surface area contributed by atoms with E-state index >= 15 is 0 Å². The Morgan fingerprint density at radius 1 is 0.943 bits per heavy atom. The van der Waals surface area contributed by atoms with Crippen LogP contribution in [0.4, 0.5) is 46.8 Å². The first kappa shape index (κ1) is 23.5. The van der Waals surface area contributed by atoms with Crippen LogP contribution in [-0.2, 0) is 6.18 Å². The molecular formula is C22H20F3N9O. The van der Waals surface area contributed by atoms with Crippen molar-refractivity contribution >= 4 is 34.9 Å². The summed E-state index contributed by atoms with van der Waals surface area (Å²) in [5, 5.41) is 15.3. The summed E-state index contributed by atoms with van der Waals surface area (Å²) in [6.07, 6.45) is -1.75. The average Bonchev–Trinajstić information content (AvgIpc) is 3.29. The molecule has 2 aromatic carbocycles. The molecule has 13 heteroatoms. The van der Waals surface area contributed by atoms with Crippen LogP contribution in [0, 0.1) is 6.92 Å². The minimum atomic E-state index is -4.51. The number of aryl methyl sites for hydroxylation is 1. The number of benzene rings is 2. The van der Waals surface area contributed by atoms with Gasteiger partial charge in [-0.3, -0.25) is 0 Å². The summed E-state index contributed by atoms with van der Waals surface area (Å²) < 4.78 is 40.2. The van der Waals surface area contributed by atoms with Gasteiger partial charge in [0.05, 0.1) is 5.56 Å². The molecule has 0 radical (unpaired) electrons. The fraction of sp³-hybridized carbons (Fsp3) is 0.136. The zero-order valence-corrected chi connectivity index (χ0v) is 18.6. The van der Waals surface area contributed by atoms with E-state index in [4.69, 9.17) is 0 Å². The third-order valence-electron chi connectivity index (χ3n) is 4.86. The summed E-state index contributed by atoms with van der Waals surface area (Å²) >= 11 is 0. The van der Waals surface area contributed by atoms with Crippen LogP contribution < -0.4 is 21.3 Å². The van der Waals surface area contributed by atoms with E-state index in [2.05, 4.69) is 41.3 Å². The van der Waals surface area contributed by atoms with Gasteiger partial charge in [-0.25, -0.2) is 14.8 Å². The first-order valence-corrected chi connectivity index (χ1v) is 10.3. The molecule has 4 aromatic rings. The minimum absolute atomic E-state index is 0.0154. The summed E-state index contributed by atoms with van der Waals surface area (Å²) in [6.45, 7) is 1.86. The van der Waals surface area contributed by atoms with E-state index in [1.165, 1.54) is 29.5 Å². The Morgan fingerprint density at radius 3 is 2.46 bits per heavy atom. The second kappa shape index (κ2) is 9.67. The monoisotopic (exact) mass is 483 g/mol. The molecule has 0 bridgehead atoms. The van der Waals surface area contributed by atoms with Crippen molar-refractivity contribution in [3.8, 4) is 5.82 Å². The van der Waals surface area contributed by atoms with E-state index < -0.39 is 17.8 Å². The SMILES string of the molecule is CNc1cc(-n2ncnc2Nc2cc(NC(=O)Nc3cccc(C(F)(F)F)c3)ccc2C)ncn1. The number of carbonyl (C=O) groups is 1. The highest BCUT2D eigenvalue weighted by atomic mass is 19.4. The van der Waals surface area contributed by atoms with Crippen molar-refractivity contribution in [2.24, 2.45) is 0 Å². The Morgan fingerprint density at radius 2 is 1.71 bits per heavy atom. The largest absolute Gasteiger partial charge is 0.416 e. The van der Waals surface area contributed by atoms with Crippen molar-refractivity contribution in [2.45, 2.75) is 13.1 Å². The molecule has 0 unspecified atom stereocenters. The number of urea groups is 1. The van der Waals surface area contributed by atoms with Gasteiger partial charge in [-0.15, -0.1) is 0 Å². The summed E-state index contributed by atoms with van der Waals surface area (Å²) in [5.41, 5.74) is 1.04. The van der Waals surface area contributed by atoms with Crippen LogP contribution in [0.15, 0.2) is 61.2 Å². The van der Waals surface area contributed by atoms with Crippen molar-refractivity contribution in [3.05, 3.63) is 72.3 Å². The molecule has 0 saturated heterocycles. The molecule has 0 saturated carbocycles. The van der Waals surface area contributed by atoms with E-state index in [9.17, 15) is 18.0 Å². The maximum atomic E-state index is 12.9. The van der Waals surface area contributed by atoms with E-state index in [-0.39, 0.29) is 5.69 Å². The van der Waals surface area contributed by atoms with E-state index in [0.29, 0.717) is 29.0 Å². The molecule has 4 rings (SSSR count). The lowest BCUT2D eigenvalue weighted by Gasteiger charge is -2.14. The molecule has 0 aliphatic rings. The molecule has 2 aromatic heterocycles. The summed E-state index contributed by atoms with van der Waals surface area (Å²) in [5.74, 6) is 1.46. The second-order valence-electron chi connectivity index (χ2n) is 7.32. The van der Waals surface area contributed by atoms with Gasteiger partial charge in [-0.05, 0) is 42.8 Å². The van der Waals surface area contributed by atoms with Gasteiger partial charge in [0.2, 0.25) is 5.95 Å². The quantitative estimate of drug-likeness (QED) is 0.310. The molecule has 0 aliphatic heterocycles. The summed E-state index contributed by atoms with van der Waals surface area (Å²) in [4.78, 5) is 24.9. The van der Waals surface area contributed by atoms with Crippen LogP contribution >= 0.6 is 0 Å². The number of aromatic nitrogens is 5. The van der Waals surface area contributed by atoms with Crippen LogP contribution in [0.2, 0.25) is 0 Å². The Balaban J connectivity index is 1.50. The Bertz CT molecular complexity index is 1350. The number of hydrogen-bond acceptors (Lipinski definition) is 7. The highest BCUT2D eigenvalue weighted by Crippen LogP contribution is 2.31. The highest BCUT2D eigenvalue weighted by Gasteiger charge is 2.30. The normalized spacial score (nSPS) is 11.1. The van der Waals surface area contributed by atoms with Crippen molar-refractivity contribution in [2.75, 3.05) is 28.3 Å². The highest BCUT2D eigenvalue weighted by molar-refractivity contribution is 6.00. The molecule has 0 aliphatic carbocycles. The molecule has 2 amide bonds. The molecule has 4 N–H and O–H groups in total. The van der Waals surface area contributed by atoms with Crippen LogP contribution in [-0.4, -0.2) is 37.8 Å². The number of alkyl halides is 3. The van der Waals surface area contributed by atoms with E-state index in [0.717, 1.165) is 17.7 Å². The average molecular weight is 483 g/mol. The molecule has 180 valence electrons. The first-order valence-electron chi connectivity index (χ1n) is 10.3. The van der Waals surface area contributed by atoms with Crippen LogP contribution in [0.1, 0.15) is 11.1 Å². The van der Waals surface area contributed by atoms with E-state index in [1.54, 1.807) is 31.3 Å². The molecule has 0 atom stereocenters. The Kier molecular flexibility index (Phi) is 6.48. The topological polar surface area (TPSA) is 122 Å². The maximum absolute atomic E-state index is 12.9. The molecular weight excluding hydrogens is 463 g/mol. The second-order valence-corrected chi connectivity index (χ2v) is 7.32. The van der Waals surface area contributed by atoms with Crippen molar-refractivity contribution in [3.63, 3.8) is 0 Å². The number of anilines is 5. The van der Waals surface area contributed by atoms with E-state index in [1.807, 2.05) is 6.92 Å². The van der Waals surface area contributed by atoms with Gasteiger partial charge in [0.1, 0.15) is 18.5 Å². The fourth-order valence-electron chi connectivity index (χ4n) is 3.12. The standard InChI is InChI=1S/C22H20F3N9O/c1-13-6-7-16(32-21(35)31-15-5-3-4-14(8-15)22(23,24)25)9-17(13)33-20-29-12-30-34(20)19-10-18(26-2)27-11-28-19/h3-12H,1-2H3,(H,26,27,28)(H,29,30,33)(H2,31,32,35). The van der Waals surface area contributed by atoms with Crippen LogP contribution in [0.3, 0.4) is 0 Å². The first-order chi connectivity index (χ1) is 16.7. The Hall–Kier alpha value is -4.68. The molecule has 0 fully saturated rings. The molecule has 0 spiro atoms. The zero-order valence-electron chi connectivity index (χ0n) is 18.6. The Labute approximate surface area is 197 Å². The van der Waals surface area contributed by atoms with Crippen molar-refractivity contribution < 1.29 is 18.0 Å². The summed E-state index contributed by atoms with van der Waals surface area (Å²) in [7, 11) is 1.73. The number of amides is 2. The third kappa shape index (κ3) is 5.63. The van der Waals surface area contributed by atoms with Gasteiger partial charge in [-0.1, -0.05) is 12.1 Å². The van der Waals surface area contributed by atoms with Gasteiger partial charge < -0.3 is 21.3 Å². The molecule has 35 heavy (non-hydrogen) atoms. The smallest absolute Gasteiger partial charge is 0.373 e. The maximum Gasteiger partial charge on any atom is 0.416 e. The van der Waals surface area contributed by atoms with Crippen molar-refractivity contribution in [1.29, 1.82) is 0 Å². The van der Waals surface area contributed by atoms with Crippen LogP contribution in [0.25, 0.3) is 5.82 Å². The minimum Gasteiger partial charge on any atom is -0.373 e. The number of nitrogens with zero attached hydrogens (tertiary/aromatic N) is 5. The van der Waals surface area contributed by atoms with Gasteiger partial charge in [-0.2, -0.15) is 27.9 Å². The van der Waals surface area contributed by atoms with Gasteiger partial charge >= 0.3 is 12.2 Å². The van der Waals surface area contributed by atoms with Gasteiger partial charge in [0.15, 0.2) is 5.82 Å². The lowest BCUT2D eigenvalue weighted by atomic mass is 10.2. The summed E-state index contributed by atoms with van der Waals surface area (Å²) in [6, 6.07) is 10.5. The molecule has 10 nitrogen and oxygen atoms in total. The number of nitrogens with one attached hydrogen (secondary N) is 4. The van der Waals surface area contributed by atoms with Crippen molar-refractivity contribution in [1.82, 2.24) is 24.7 Å². The predicted octanol–water partition coefficient (Wildman–Crippen LogP) is 4.81. The lowest BCUT2D eigenvalue weighted by Crippen LogP contribution is -2.20. The van der Waals surface area contributed by atoms with Crippen LogP contribution in [0.5, 0.6) is 0 Å². The fourth-order valence-corrected chi connectivity index (χ4v) is 3.12. The number of rotatable bonds is 6. The number of carbonyl (C=O) groups excluding carboxylic acids is 1. The third-order valence-corrected chi connectivity index (χ3v) is 4.86. The van der Waals surface area contributed by atoms with Gasteiger partial charge in [0, 0.05) is 30.2 Å². The lowest BCUT2D eigenvalue weighted by molar-refractivity contribution is -0.137. The number of hydrogen-bond donors (Lipinski definition) is 4.